The Morgan fingerprint density at radius 2 is 2.06 bits per heavy atom. The van der Waals surface area contributed by atoms with Crippen LogP contribution in [-0.2, 0) is 0 Å². The largest absolute Gasteiger partial charge is 0.480 e. The van der Waals surface area contributed by atoms with Gasteiger partial charge in [0.05, 0.1) is 5.52 Å². The molecule has 18 heavy (non-hydrogen) atoms. The number of nitrogens with zero attached hydrogens (tertiary/aromatic N) is 1. The first kappa shape index (κ1) is 12.6. The molecule has 0 amide bonds. The lowest BCUT2D eigenvalue weighted by atomic mass is 10.2. The number of aromatic nitrogens is 1. The van der Waals surface area contributed by atoms with E-state index in [2.05, 4.69) is 4.98 Å². The van der Waals surface area contributed by atoms with Crippen molar-refractivity contribution in [3.8, 4) is 5.75 Å². The third-order valence-electron chi connectivity index (χ3n) is 2.43. The van der Waals surface area contributed by atoms with E-state index in [1.54, 1.807) is 18.3 Å². The summed E-state index contributed by atoms with van der Waals surface area (Å²) in [6, 6.07) is 8.15. The summed E-state index contributed by atoms with van der Waals surface area (Å²) < 4.78 is 42.3. The normalized spacial score (nSPS) is 13.6. The molecule has 2 rings (SSSR count). The minimum absolute atomic E-state index is 0.106. The van der Waals surface area contributed by atoms with E-state index in [9.17, 15) is 13.2 Å². The van der Waals surface area contributed by atoms with Crippen LogP contribution in [-0.4, -0.2) is 23.8 Å². The molecule has 1 aromatic heterocycles. The van der Waals surface area contributed by atoms with Gasteiger partial charge < -0.3 is 10.5 Å². The van der Waals surface area contributed by atoms with Crippen LogP contribution in [0.3, 0.4) is 0 Å². The van der Waals surface area contributed by atoms with Crippen molar-refractivity contribution in [3.05, 3.63) is 36.5 Å². The van der Waals surface area contributed by atoms with Crippen LogP contribution in [0.1, 0.15) is 0 Å². The molecule has 1 unspecified atom stereocenters. The van der Waals surface area contributed by atoms with Gasteiger partial charge >= 0.3 is 6.18 Å². The Morgan fingerprint density at radius 3 is 2.72 bits per heavy atom. The summed E-state index contributed by atoms with van der Waals surface area (Å²) in [4.78, 5) is 4.04. The van der Waals surface area contributed by atoms with Crippen molar-refractivity contribution in [1.82, 2.24) is 4.98 Å². The van der Waals surface area contributed by atoms with Gasteiger partial charge in [0, 0.05) is 24.2 Å². The van der Waals surface area contributed by atoms with Crippen LogP contribution < -0.4 is 10.5 Å². The second-order valence-corrected chi connectivity index (χ2v) is 3.74. The third-order valence-corrected chi connectivity index (χ3v) is 2.43. The summed E-state index contributed by atoms with van der Waals surface area (Å²) in [6.07, 6.45) is -4.91. The number of benzene rings is 1. The molecule has 2 N–H and O–H groups in total. The maximum absolute atomic E-state index is 12.5. The fourth-order valence-electron chi connectivity index (χ4n) is 1.53. The van der Waals surface area contributed by atoms with E-state index >= 15 is 0 Å². The Labute approximate surface area is 101 Å². The molecular formula is C12H11F3N2O. The first-order chi connectivity index (χ1) is 8.50. The van der Waals surface area contributed by atoms with Crippen molar-refractivity contribution in [1.29, 1.82) is 0 Å². The Hall–Kier alpha value is -1.82. The van der Waals surface area contributed by atoms with Crippen molar-refractivity contribution in [2.24, 2.45) is 5.73 Å². The average molecular weight is 256 g/mol. The van der Waals surface area contributed by atoms with Crippen molar-refractivity contribution in [2.45, 2.75) is 12.3 Å². The molecule has 0 fully saturated rings. The van der Waals surface area contributed by atoms with Gasteiger partial charge in [0.25, 0.3) is 0 Å². The van der Waals surface area contributed by atoms with Crippen LogP contribution in [0.5, 0.6) is 5.75 Å². The number of pyridine rings is 1. The summed E-state index contributed by atoms with van der Waals surface area (Å²) in [5.74, 6) is 0.106. The van der Waals surface area contributed by atoms with Crippen LogP contribution >= 0.6 is 0 Å². The zero-order valence-electron chi connectivity index (χ0n) is 9.32. The van der Waals surface area contributed by atoms with Gasteiger partial charge in [0.2, 0.25) is 6.10 Å². The summed E-state index contributed by atoms with van der Waals surface area (Å²) in [5, 5.41) is 0.834. The van der Waals surface area contributed by atoms with Crippen LogP contribution in [0.25, 0.3) is 10.9 Å². The minimum atomic E-state index is -4.48. The SMILES string of the molecule is NCC(Oc1ccc2cccnc2c1)C(F)(F)F. The van der Waals surface area contributed by atoms with E-state index in [4.69, 9.17) is 10.5 Å². The third kappa shape index (κ3) is 2.70. The van der Waals surface area contributed by atoms with E-state index in [1.807, 2.05) is 6.07 Å². The molecule has 0 aliphatic rings. The van der Waals surface area contributed by atoms with E-state index in [1.165, 1.54) is 12.1 Å². The van der Waals surface area contributed by atoms with Gasteiger partial charge in [-0.15, -0.1) is 0 Å². The molecule has 0 bridgehead atoms. The van der Waals surface area contributed by atoms with Crippen LogP contribution in [0.15, 0.2) is 36.5 Å². The smallest absolute Gasteiger partial charge is 0.426 e. The molecule has 3 nitrogen and oxygen atoms in total. The van der Waals surface area contributed by atoms with E-state index in [-0.39, 0.29) is 5.75 Å². The number of hydrogen-bond acceptors (Lipinski definition) is 3. The molecule has 2 aromatic rings. The molecule has 0 aliphatic heterocycles. The average Bonchev–Trinajstić information content (AvgIpc) is 2.34. The molecule has 0 aliphatic carbocycles. The number of ether oxygens (including phenoxy) is 1. The highest BCUT2D eigenvalue weighted by Crippen LogP contribution is 2.26. The van der Waals surface area contributed by atoms with Gasteiger partial charge in [-0.2, -0.15) is 13.2 Å². The molecular weight excluding hydrogens is 245 g/mol. The lowest BCUT2D eigenvalue weighted by Crippen LogP contribution is -2.40. The topological polar surface area (TPSA) is 48.1 Å². The van der Waals surface area contributed by atoms with Gasteiger partial charge in [0.15, 0.2) is 0 Å². The predicted molar refractivity (Wildman–Crippen MR) is 61.3 cm³/mol. The molecule has 1 aromatic carbocycles. The molecule has 96 valence electrons. The van der Waals surface area contributed by atoms with Gasteiger partial charge in [-0.1, -0.05) is 6.07 Å². The quantitative estimate of drug-likeness (QED) is 0.917. The number of alkyl halides is 3. The number of hydrogen-bond donors (Lipinski definition) is 1. The summed E-state index contributed by atoms with van der Waals surface area (Å²) in [7, 11) is 0. The fraction of sp³-hybridized carbons (Fsp3) is 0.250. The Morgan fingerprint density at radius 1 is 1.28 bits per heavy atom. The van der Waals surface area contributed by atoms with Crippen LogP contribution in [0.2, 0.25) is 0 Å². The molecule has 1 atom stereocenters. The highest BCUT2D eigenvalue weighted by Gasteiger charge is 2.40. The van der Waals surface area contributed by atoms with Gasteiger partial charge in [-0.25, -0.2) is 0 Å². The Balaban J connectivity index is 2.26. The zero-order chi connectivity index (χ0) is 13.2. The highest BCUT2D eigenvalue weighted by molar-refractivity contribution is 5.79. The van der Waals surface area contributed by atoms with Crippen LogP contribution in [0, 0.1) is 0 Å². The lowest BCUT2D eigenvalue weighted by molar-refractivity contribution is -0.191. The monoisotopic (exact) mass is 256 g/mol. The minimum Gasteiger partial charge on any atom is -0.480 e. The highest BCUT2D eigenvalue weighted by atomic mass is 19.4. The van der Waals surface area contributed by atoms with E-state index in [0.717, 1.165) is 5.39 Å². The molecule has 0 radical (unpaired) electrons. The molecule has 0 saturated heterocycles. The second-order valence-electron chi connectivity index (χ2n) is 3.74. The van der Waals surface area contributed by atoms with E-state index in [0.29, 0.717) is 5.52 Å². The Kier molecular flexibility index (Phi) is 3.38. The van der Waals surface area contributed by atoms with Gasteiger partial charge in [-0.05, 0) is 18.2 Å². The van der Waals surface area contributed by atoms with E-state index < -0.39 is 18.8 Å². The maximum Gasteiger partial charge on any atom is 0.426 e. The zero-order valence-corrected chi connectivity index (χ0v) is 9.32. The summed E-state index contributed by atoms with van der Waals surface area (Å²) >= 11 is 0. The molecule has 6 heteroatoms. The number of nitrogens with two attached hydrogens (primary N) is 1. The van der Waals surface area contributed by atoms with Crippen molar-refractivity contribution in [3.63, 3.8) is 0 Å². The molecule has 1 heterocycles. The first-order valence-electron chi connectivity index (χ1n) is 5.29. The summed E-state index contributed by atoms with van der Waals surface area (Å²) in [6.45, 7) is -0.621. The fourth-order valence-corrected chi connectivity index (χ4v) is 1.53. The number of fused-ring (bicyclic) bond motifs is 1. The lowest BCUT2D eigenvalue weighted by Gasteiger charge is -2.20. The van der Waals surface area contributed by atoms with Crippen molar-refractivity contribution >= 4 is 10.9 Å². The second kappa shape index (κ2) is 4.81. The first-order valence-corrected chi connectivity index (χ1v) is 5.29. The predicted octanol–water partition coefficient (Wildman–Crippen LogP) is 2.50. The van der Waals surface area contributed by atoms with Crippen LogP contribution in [0.4, 0.5) is 13.2 Å². The Bertz CT molecular complexity index is 542. The van der Waals surface area contributed by atoms with Gasteiger partial charge in [-0.3, -0.25) is 4.98 Å². The standard InChI is InChI=1S/C12H11F3N2O/c13-12(14,15)11(7-16)18-9-4-3-8-2-1-5-17-10(8)6-9/h1-6,11H,7,16H2. The summed E-state index contributed by atoms with van der Waals surface area (Å²) in [5.41, 5.74) is 5.64. The van der Waals surface area contributed by atoms with Crippen molar-refractivity contribution < 1.29 is 17.9 Å². The number of halogens is 3. The molecule has 0 saturated carbocycles. The number of rotatable bonds is 3. The maximum atomic E-state index is 12.5. The molecule has 0 spiro atoms. The van der Waals surface area contributed by atoms with Gasteiger partial charge in [0.1, 0.15) is 5.75 Å². The van der Waals surface area contributed by atoms with Crippen molar-refractivity contribution in [2.75, 3.05) is 6.54 Å².